The van der Waals surface area contributed by atoms with Crippen molar-refractivity contribution in [3.05, 3.63) is 64.0 Å². The van der Waals surface area contributed by atoms with Crippen LogP contribution in [0.5, 0.6) is 5.75 Å². The molecule has 210 valence electrons. The molecule has 0 bridgehead atoms. The summed E-state index contributed by atoms with van der Waals surface area (Å²) in [6, 6.07) is 7.50. The number of ether oxygens (including phenoxy) is 3. The highest BCUT2D eigenvalue weighted by Crippen LogP contribution is 2.31. The van der Waals surface area contributed by atoms with Crippen LogP contribution in [-0.2, 0) is 9.47 Å². The van der Waals surface area contributed by atoms with Gasteiger partial charge in [0.1, 0.15) is 28.8 Å². The molecule has 1 amide bonds. The van der Waals surface area contributed by atoms with Gasteiger partial charge in [-0.25, -0.2) is 14.0 Å². The summed E-state index contributed by atoms with van der Waals surface area (Å²) < 4.78 is 32.9. The van der Waals surface area contributed by atoms with E-state index in [1.807, 2.05) is 27.7 Å². The molecule has 0 aromatic heterocycles. The Morgan fingerprint density at radius 2 is 1.77 bits per heavy atom. The van der Waals surface area contributed by atoms with Gasteiger partial charge in [-0.3, -0.25) is 4.90 Å². The molecule has 10 heteroatoms. The van der Waals surface area contributed by atoms with Gasteiger partial charge < -0.3 is 19.3 Å². The summed E-state index contributed by atoms with van der Waals surface area (Å²) in [5, 5.41) is 9.54. The number of halogens is 1. The lowest BCUT2D eigenvalue weighted by molar-refractivity contribution is -0.458. The zero-order valence-corrected chi connectivity index (χ0v) is 23.5. The van der Waals surface area contributed by atoms with E-state index >= 15 is 0 Å². The van der Waals surface area contributed by atoms with Gasteiger partial charge in [-0.2, -0.15) is 4.79 Å². The first-order chi connectivity index (χ1) is 18.2. The van der Waals surface area contributed by atoms with Crippen molar-refractivity contribution in [3.8, 4) is 5.75 Å². The van der Waals surface area contributed by atoms with Gasteiger partial charge >= 0.3 is 18.0 Å². The van der Waals surface area contributed by atoms with Crippen LogP contribution in [0.25, 0.3) is 0 Å². The lowest BCUT2D eigenvalue weighted by Crippen LogP contribution is -2.48. The van der Waals surface area contributed by atoms with Gasteiger partial charge in [-0.1, -0.05) is 12.1 Å². The number of esters is 1. The Morgan fingerprint density at radius 1 is 1.08 bits per heavy atom. The van der Waals surface area contributed by atoms with E-state index < -0.39 is 35.6 Å². The standard InChI is InChI=1S/C29H35FN2O7/c1-17-8-9-20(13-23(17)30)25(16-31-10-11-32(19(3)15-31)28(36)39-29(4,5)6)38-24-12-18(2)21(26(33)34)14-22(24)27(35)37-7/h8-9,12-14,25H,10-11,15-16H2,1-7H3/p+1/t25-/m1/s1. The van der Waals surface area contributed by atoms with Crippen molar-refractivity contribution in [2.75, 3.05) is 33.3 Å². The van der Waals surface area contributed by atoms with Crippen molar-refractivity contribution in [1.29, 1.82) is 0 Å². The number of carbonyl (C=O) groups is 3. The van der Waals surface area contributed by atoms with E-state index in [2.05, 4.69) is 4.90 Å². The van der Waals surface area contributed by atoms with Gasteiger partial charge in [0.25, 0.3) is 0 Å². The number of aromatic carboxylic acids is 1. The Hall–Kier alpha value is -3.79. The Kier molecular flexibility index (Phi) is 9.11. The fourth-order valence-corrected chi connectivity index (χ4v) is 4.33. The third-order valence-corrected chi connectivity index (χ3v) is 6.39. The van der Waals surface area contributed by atoms with Gasteiger partial charge in [0, 0.05) is 13.5 Å². The highest BCUT2D eigenvalue weighted by atomic mass is 19.1. The molecule has 0 spiro atoms. The first kappa shape index (κ1) is 29.8. The van der Waals surface area contributed by atoms with Crippen LogP contribution in [-0.4, -0.2) is 77.2 Å². The normalized spacial score (nSPS) is 15.1. The monoisotopic (exact) mass is 543 g/mol. The summed E-state index contributed by atoms with van der Waals surface area (Å²) >= 11 is 0. The number of hydrogen-bond donors (Lipinski definition) is 1. The molecule has 0 saturated carbocycles. The van der Waals surface area contributed by atoms with Crippen molar-refractivity contribution in [2.45, 2.75) is 53.2 Å². The lowest BCUT2D eigenvalue weighted by atomic mass is 10.0. The van der Waals surface area contributed by atoms with E-state index in [4.69, 9.17) is 14.2 Å². The molecule has 1 aliphatic rings. The van der Waals surface area contributed by atoms with E-state index in [0.29, 0.717) is 42.9 Å². The largest absolute Gasteiger partial charge is 0.596 e. The summed E-state index contributed by atoms with van der Waals surface area (Å²) in [6.45, 7) is 12.2. The maximum atomic E-state index is 14.6. The zero-order valence-electron chi connectivity index (χ0n) is 23.5. The maximum Gasteiger partial charge on any atom is 0.596 e. The fraction of sp³-hybridized carbons (Fsp3) is 0.448. The number of rotatable bonds is 7. The van der Waals surface area contributed by atoms with Crippen molar-refractivity contribution < 1.29 is 42.7 Å². The van der Waals surface area contributed by atoms with Crippen LogP contribution in [0.2, 0.25) is 0 Å². The predicted octanol–water partition coefficient (Wildman–Crippen LogP) is 4.77. The van der Waals surface area contributed by atoms with Crippen molar-refractivity contribution in [2.24, 2.45) is 0 Å². The molecule has 3 rings (SSSR count). The number of benzene rings is 2. The molecule has 0 saturated heterocycles. The predicted molar refractivity (Wildman–Crippen MR) is 142 cm³/mol. The fourth-order valence-electron chi connectivity index (χ4n) is 4.33. The number of amides is 1. The summed E-state index contributed by atoms with van der Waals surface area (Å²) in [6.07, 6.45) is -1.13. The summed E-state index contributed by atoms with van der Waals surface area (Å²) in [7, 11) is 1.20. The molecule has 2 aromatic rings. The second kappa shape index (κ2) is 11.9. The van der Waals surface area contributed by atoms with Gasteiger partial charge in [0.2, 0.25) is 0 Å². The minimum absolute atomic E-state index is 0.0458. The van der Waals surface area contributed by atoms with Crippen molar-refractivity contribution in [1.82, 2.24) is 4.90 Å². The summed E-state index contributed by atoms with van der Waals surface area (Å²) in [5.41, 5.74) is 1.50. The molecule has 0 fully saturated rings. The maximum absolute atomic E-state index is 14.6. The van der Waals surface area contributed by atoms with Crippen molar-refractivity contribution >= 4 is 23.7 Å². The third-order valence-electron chi connectivity index (χ3n) is 6.39. The highest BCUT2D eigenvalue weighted by Gasteiger charge is 2.34. The minimum atomic E-state index is -1.18. The number of nitrogens with zero attached hydrogens (tertiary/aromatic N) is 2. The molecule has 0 aliphatic carbocycles. The molecule has 1 heterocycles. The molecule has 0 unspecified atom stereocenters. The quantitative estimate of drug-likeness (QED) is 0.393. The molecule has 0 radical (unpaired) electrons. The van der Waals surface area contributed by atoms with Crippen LogP contribution in [0.3, 0.4) is 0 Å². The van der Waals surface area contributed by atoms with Gasteiger partial charge in [0.05, 0.1) is 25.8 Å². The Labute approximate surface area is 227 Å². The highest BCUT2D eigenvalue weighted by molar-refractivity contribution is 5.97. The minimum Gasteiger partial charge on any atom is -0.483 e. The van der Waals surface area contributed by atoms with E-state index in [-0.39, 0.29) is 16.9 Å². The van der Waals surface area contributed by atoms with Gasteiger partial charge in [0.15, 0.2) is 12.3 Å². The molecule has 39 heavy (non-hydrogen) atoms. The molecule has 2 aromatic carbocycles. The Bertz CT molecular complexity index is 1310. The van der Waals surface area contributed by atoms with E-state index in [9.17, 15) is 23.9 Å². The molecule has 1 atom stereocenters. The van der Waals surface area contributed by atoms with Gasteiger partial charge in [-0.15, -0.1) is 4.58 Å². The van der Waals surface area contributed by atoms with E-state index in [1.165, 1.54) is 25.3 Å². The van der Waals surface area contributed by atoms with Crippen LogP contribution in [0, 0.1) is 19.7 Å². The molecular formula is C29H36FN2O7+. The summed E-state index contributed by atoms with van der Waals surface area (Å²) in [4.78, 5) is 38.9. The Balaban J connectivity index is 1.96. The average molecular weight is 544 g/mol. The van der Waals surface area contributed by atoms with Crippen LogP contribution >= 0.6 is 0 Å². The number of carboxylic acid groups (broad SMARTS) is 1. The molecule has 1 aliphatic heterocycles. The molecule has 1 N–H and O–H groups in total. The first-order valence-electron chi connectivity index (χ1n) is 12.6. The topological polar surface area (TPSA) is 105 Å². The van der Waals surface area contributed by atoms with Crippen LogP contribution in [0.15, 0.2) is 30.3 Å². The number of hydrogen-bond acceptors (Lipinski definition) is 7. The number of methoxy groups -OCH3 is 1. The van der Waals surface area contributed by atoms with E-state index in [0.717, 1.165) is 5.71 Å². The van der Waals surface area contributed by atoms with Crippen LogP contribution in [0.4, 0.5) is 9.18 Å². The number of aryl methyl sites for hydroxylation is 2. The number of carbonyl (C=O) groups excluding carboxylic acids is 2. The summed E-state index contributed by atoms with van der Waals surface area (Å²) in [5.74, 6) is -2.21. The lowest BCUT2D eigenvalue weighted by Gasteiger charge is -2.30. The Morgan fingerprint density at radius 3 is 2.33 bits per heavy atom. The van der Waals surface area contributed by atoms with Gasteiger partial charge in [-0.05, 0) is 69.5 Å². The average Bonchev–Trinajstić information content (AvgIpc) is 2.83. The number of carboxylic acids is 1. The smallest absolute Gasteiger partial charge is 0.483 e. The van der Waals surface area contributed by atoms with E-state index in [1.54, 1.807) is 30.6 Å². The van der Waals surface area contributed by atoms with Crippen LogP contribution < -0.4 is 4.74 Å². The first-order valence-corrected chi connectivity index (χ1v) is 12.6. The van der Waals surface area contributed by atoms with Crippen LogP contribution in [0.1, 0.15) is 71.2 Å². The second-order valence-corrected chi connectivity index (χ2v) is 10.7. The molecular weight excluding hydrogens is 507 g/mol. The SMILES string of the molecule is COC(=O)c1cc(C(=O)O)c(C)cc1O[C@H](CN1CC[N+](C(=O)OC(C)(C)C)=C(C)C1)c1ccc(C)c(F)c1. The van der Waals surface area contributed by atoms with Crippen molar-refractivity contribution in [3.63, 3.8) is 0 Å². The second-order valence-electron chi connectivity index (χ2n) is 10.7. The third kappa shape index (κ3) is 7.41. The molecule has 9 nitrogen and oxygen atoms in total. The zero-order chi connectivity index (χ0) is 29.1.